The topological polar surface area (TPSA) is 92.2 Å². The first-order valence-electron chi connectivity index (χ1n) is 6.20. The largest absolute Gasteiger partial charge is 0.417 e. The maximum atomic E-state index is 12.2. The van der Waals surface area contributed by atoms with E-state index in [2.05, 4.69) is 9.71 Å². The summed E-state index contributed by atoms with van der Waals surface area (Å²) in [6.07, 6.45) is 3.87. The van der Waals surface area contributed by atoms with Crippen LogP contribution in [0.15, 0.2) is 32.3 Å². The van der Waals surface area contributed by atoms with Crippen molar-refractivity contribution in [3.8, 4) is 0 Å². The van der Waals surface area contributed by atoms with Crippen LogP contribution in [-0.2, 0) is 10.0 Å². The standard InChI is InChI=1S/C12H14N2O4S/c15-12-13-10-7-9(5-6-11(10)18-12)19(16,17)14-8-3-1-2-4-8/h5-8,14H,1-4H2,(H,13,15). The van der Waals surface area contributed by atoms with Gasteiger partial charge in [-0.3, -0.25) is 4.98 Å². The number of aromatic nitrogens is 1. The molecule has 2 aromatic rings. The van der Waals surface area contributed by atoms with Crippen molar-refractivity contribution in [3.05, 3.63) is 28.7 Å². The van der Waals surface area contributed by atoms with E-state index < -0.39 is 15.8 Å². The second-order valence-electron chi connectivity index (χ2n) is 4.78. The Kier molecular flexibility index (Phi) is 2.94. The van der Waals surface area contributed by atoms with Crippen LogP contribution >= 0.6 is 0 Å². The van der Waals surface area contributed by atoms with Crippen molar-refractivity contribution < 1.29 is 12.8 Å². The van der Waals surface area contributed by atoms with Crippen molar-refractivity contribution >= 4 is 21.1 Å². The second-order valence-corrected chi connectivity index (χ2v) is 6.49. The Hall–Kier alpha value is -1.60. The molecule has 0 atom stereocenters. The number of sulfonamides is 1. The minimum Gasteiger partial charge on any atom is -0.408 e. The van der Waals surface area contributed by atoms with Crippen LogP contribution in [0.25, 0.3) is 11.1 Å². The lowest BCUT2D eigenvalue weighted by Gasteiger charge is -2.12. The number of hydrogen-bond donors (Lipinski definition) is 2. The first-order chi connectivity index (χ1) is 9.04. The first-order valence-corrected chi connectivity index (χ1v) is 7.68. The van der Waals surface area contributed by atoms with Gasteiger partial charge in [0.25, 0.3) is 0 Å². The lowest BCUT2D eigenvalue weighted by Crippen LogP contribution is -2.32. The van der Waals surface area contributed by atoms with Gasteiger partial charge < -0.3 is 4.42 Å². The molecule has 1 aliphatic carbocycles. The van der Waals surface area contributed by atoms with Crippen LogP contribution in [-0.4, -0.2) is 19.4 Å². The number of fused-ring (bicyclic) bond motifs is 1. The van der Waals surface area contributed by atoms with E-state index in [-0.39, 0.29) is 10.9 Å². The highest BCUT2D eigenvalue weighted by Crippen LogP contribution is 2.21. The molecule has 1 aromatic carbocycles. The number of rotatable bonds is 3. The van der Waals surface area contributed by atoms with Gasteiger partial charge in [-0.15, -0.1) is 0 Å². The van der Waals surface area contributed by atoms with Crippen molar-refractivity contribution in [1.82, 2.24) is 9.71 Å². The Balaban J connectivity index is 1.95. The molecule has 0 bridgehead atoms. The molecular formula is C12H14N2O4S. The highest BCUT2D eigenvalue weighted by molar-refractivity contribution is 7.89. The fraction of sp³-hybridized carbons (Fsp3) is 0.417. The molecule has 0 amide bonds. The van der Waals surface area contributed by atoms with Crippen molar-refractivity contribution in [3.63, 3.8) is 0 Å². The van der Waals surface area contributed by atoms with Crippen molar-refractivity contribution in [2.75, 3.05) is 0 Å². The molecule has 0 spiro atoms. The lowest BCUT2D eigenvalue weighted by atomic mass is 10.3. The van der Waals surface area contributed by atoms with Gasteiger partial charge in [0, 0.05) is 6.04 Å². The molecule has 3 rings (SSSR count). The van der Waals surface area contributed by atoms with E-state index in [1.807, 2.05) is 0 Å². The third kappa shape index (κ3) is 2.43. The van der Waals surface area contributed by atoms with Gasteiger partial charge in [-0.05, 0) is 31.0 Å². The summed E-state index contributed by atoms with van der Waals surface area (Å²) in [5.74, 6) is -0.590. The van der Waals surface area contributed by atoms with Gasteiger partial charge in [-0.1, -0.05) is 12.8 Å². The van der Waals surface area contributed by atoms with Gasteiger partial charge in [-0.2, -0.15) is 0 Å². The first kappa shape index (κ1) is 12.4. The number of aromatic amines is 1. The molecule has 2 N–H and O–H groups in total. The van der Waals surface area contributed by atoms with E-state index in [4.69, 9.17) is 4.42 Å². The van der Waals surface area contributed by atoms with Gasteiger partial charge in [0.2, 0.25) is 10.0 Å². The molecule has 19 heavy (non-hydrogen) atoms. The highest BCUT2D eigenvalue weighted by atomic mass is 32.2. The van der Waals surface area contributed by atoms with Crippen LogP contribution in [0.3, 0.4) is 0 Å². The molecule has 1 aromatic heterocycles. The minimum absolute atomic E-state index is 0.0177. The summed E-state index contributed by atoms with van der Waals surface area (Å²) in [5, 5.41) is 0. The molecule has 7 heteroatoms. The van der Waals surface area contributed by atoms with Gasteiger partial charge in [0.1, 0.15) is 0 Å². The molecule has 0 radical (unpaired) electrons. The molecular weight excluding hydrogens is 268 g/mol. The molecule has 0 aliphatic heterocycles. The van der Waals surface area contributed by atoms with Gasteiger partial charge in [0.05, 0.1) is 10.4 Å². The third-order valence-electron chi connectivity index (χ3n) is 3.38. The Bertz CT molecular complexity index is 753. The zero-order valence-electron chi connectivity index (χ0n) is 10.2. The fourth-order valence-electron chi connectivity index (χ4n) is 2.43. The Labute approximate surface area is 109 Å². The maximum Gasteiger partial charge on any atom is 0.417 e. The number of benzene rings is 1. The minimum atomic E-state index is -3.54. The summed E-state index contributed by atoms with van der Waals surface area (Å²) in [6, 6.07) is 4.36. The predicted octanol–water partition coefficient (Wildman–Crippen LogP) is 1.34. The van der Waals surface area contributed by atoms with Crippen LogP contribution in [0.2, 0.25) is 0 Å². The van der Waals surface area contributed by atoms with Gasteiger partial charge >= 0.3 is 5.76 Å². The normalized spacial score (nSPS) is 17.3. The Morgan fingerprint density at radius 1 is 1.26 bits per heavy atom. The third-order valence-corrected chi connectivity index (χ3v) is 4.90. The van der Waals surface area contributed by atoms with E-state index in [9.17, 15) is 13.2 Å². The number of oxazole rings is 1. The molecule has 6 nitrogen and oxygen atoms in total. The Morgan fingerprint density at radius 3 is 2.74 bits per heavy atom. The zero-order valence-corrected chi connectivity index (χ0v) is 11.0. The summed E-state index contributed by atoms with van der Waals surface area (Å²) < 4.78 is 31.9. The Morgan fingerprint density at radius 2 is 2.00 bits per heavy atom. The van der Waals surface area contributed by atoms with Crippen LogP contribution in [0.4, 0.5) is 0 Å². The molecule has 1 heterocycles. The number of H-pyrrole nitrogens is 1. The fourth-order valence-corrected chi connectivity index (χ4v) is 3.76. The monoisotopic (exact) mass is 282 g/mol. The van der Waals surface area contributed by atoms with E-state index in [0.29, 0.717) is 11.1 Å². The molecule has 0 unspecified atom stereocenters. The van der Waals surface area contributed by atoms with Crippen LogP contribution < -0.4 is 10.5 Å². The summed E-state index contributed by atoms with van der Waals surface area (Å²) in [6.45, 7) is 0. The lowest BCUT2D eigenvalue weighted by molar-refractivity contribution is 0.552. The summed E-state index contributed by atoms with van der Waals surface area (Å²) >= 11 is 0. The van der Waals surface area contributed by atoms with Crippen molar-refractivity contribution in [2.45, 2.75) is 36.6 Å². The molecule has 1 saturated carbocycles. The maximum absolute atomic E-state index is 12.2. The quantitative estimate of drug-likeness (QED) is 0.888. The molecule has 0 saturated heterocycles. The molecule has 1 fully saturated rings. The van der Waals surface area contributed by atoms with Crippen molar-refractivity contribution in [1.29, 1.82) is 0 Å². The highest BCUT2D eigenvalue weighted by Gasteiger charge is 2.23. The smallest absolute Gasteiger partial charge is 0.408 e. The van der Waals surface area contributed by atoms with E-state index in [1.165, 1.54) is 18.2 Å². The average molecular weight is 282 g/mol. The van der Waals surface area contributed by atoms with E-state index in [1.54, 1.807) is 0 Å². The van der Waals surface area contributed by atoms with Gasteiger partial charge in [0.15, 0.2) is 5.58 Å². The van der Waals surface area contributed by atoms with E-state index in [0.717, 1.165) is 25.7 Å². The second kappa shape index (κ2) is 4.50. The van der Waals surface area contributed by atoms with Crippen molar-refractivity contribution in [2.24, 2.45) is 0 Å². The average Bonchev–Trinajstić information content (AvgIpc) is 2.95. The molecule has 1 aliphatic rings. The zero-order chi connectivity index (χ0) is 13.5. The van der Waals surface area contributed by atoms with Crippen LogP contribution in [0.5, 0.6) is 0 Å². The predicted molar refractivity (Wildman–Crippen MR) is 69.4 cm³/mol. The molecule has 102 valence electrons. The number of hydrogen-bond acceptors (Lipinski definition) is 4. The van der Waals surface area contributed by atoms with E-state index >= 15 is 0 Å². The van der Waals surface area contributed by atoms with Gasteiger partial charge in [-0.25, -0.2) is 17.9 Å². The summed E-state index contributed by atoms with van der Waals surface area (Å²) in [5.41, 5.74) is 0.740. The summed E-state index contributed by atoms with van der Waals surface area (Å²) in [4.78, 5) is 13.6. The SMILES string of the molecule is O=c1[nH]c2cc(S(=O)(=O)NC3CCCC3)ccc2o1. The summed E-state index contributed by atoms with van der Waals surface area (Å²) in [7, 11) is -3.54. The van der Waals surface area contributed by atoms with Crippen LogP contribution in [0.1, 0.15) is 25.7 Å². The van der Waals surface area contributed by atoms with Crippen LogP contribution in [0, 0.1) is 0 Å². The number of nitrogens with one attached hydrogen (secondary N) is 2.